The highest BCUT2D eigenvalue weighted by atomic mass is 35.5. The van der Waals surface area contributed by atoms with Crippen LogP contribution in [0.1, 0.15) is 32.8 Å². The first-order valence-electron chi connectivity index (χ1n) is 6.57. The van der Waals surface area contributed by atoms with Crippen molar-refractivity contribution in [2.24, 2.45) is 0 Å². The molecule has 0 aliphatic rings. The number of hydrogen-bond donors (Lipinski definition) is 1. The maximum Gasteiger partial charge on any atom is 0.329 e. The highest BCUT2D eigenvalue weighted by Crippen LogP contribution is 2.23. The first kappa shape index (κ1) is 16.5. The number of carbonyl (C=O) groups is 2. The van der Waals surface area contributed by atoms with E-state index in [1.54, 1.807) is 31.2 Å². The number of benzene rings is 1. The van der Waals surface area contributed by atoms with Crippen LogP contribution in [0.2, 0.25) is 5.02 Å². The molecule has 0 aliphatic heterocycles. The van der Waals surface area contributed by atoms with Crippen molar-refractivity contribution in [2.75, 3.05) is 6.54 Å². The molecule has 0 aliphatic carbocycles. The number of carbonyl (C=O) groups excluding carboxylic acids is 1. The molecule has 4 nitrogen and oxygen atoms in total. The second-order valence-corrected chi connectivity index (χ2v) is 5.49. The molecule has 1 N–H and O–H groups in total. The van der Waals surface area contributed by atoms with Gasteiger partial charge in [0, 0.05) is 24.9 Å². The molecule has 0 heterocycles. The van der Waals surface area contributed by atoms with Gasteiger partial charge < -0.3 is 10.0 Å². The Labute approximate surface area is 124 Å². The maximum absolute atomic E-state index is 11.8. The molecule has 0 saturated carbocycles. The molecule has 20 heavy (non-hydrogen) atoms. The van der Waals surface area contributed by atoms with Crippen LogP contribution in [0.5, 0.6) is 0 Å². The summed E-state index contributed by atoms with van der Waals surface area (Å²) in [5.41, 5.74) is -0.419. The van der Waals surface area contributed by atoms with Crippen LogP contribution in [0.4, 0.5) is 0 Å². The van der Waals surface area contributed by atoms with E-state index in [0.29, 0.717) is 18.0 Å². The zero-order chi connectivity index (χ0) is 15.3. The maximum atomic E-state index is 11.8. The quantitative estimate of drug-likeness (QED) is 0.878. The minimum absolute atomic E-state index is 0.231. The lowest BCUT2D eigenvalue weighted by atomic mass is 9.90. The van der Waals surface area contributed by atoms with Gasteiger partial charge in [0.25, 0.3) is 0 Å². The van der Waals surface area contributed by atoms with Crippen molar-refractivity contribution in [3.63, 3.8) is 0 Å². The molecule has 1 atom stereocenters. The summed E-state index contributed by atoms with van der Waals surface area (Å²) in [7, 11) is 0. The minimum atomic E-state index is -1.25. The van der Waals surface area contributed by atoms with Crippen molar-refractivity contribution in [3.8, 4) is 0 Å². The lowest BCUT2D eigenvalue weighted by molar-refractivity contribution is -0.157. The smallest absolute Gasteiger partial charge is 0.329 e. The number of amides is 1. The van der Waals surface area contributed by atoms with Crippen molar-refractivity contribution in [1.29, 1.82) is 0 Å². The number of halogens is 1. The van der Waals surface area contributed by atoms with Gasteiger partial charge in [-0.05, 0) is 31.0 Å². The van der Waals surface area contributed by atoms with E-state index in [2.05, 4.69) is 0 Å². The van der Waals surface area contributed by atoms with Crippen LogP contribution in [0.3, 0.4) is 0 Å². The Kier molecular flexibility index (Phi) is 5.57. The second kappa shape index (κ2) is 6.75. The SMILES string of the molecule is CCCN(C(C)=O)C(C)(Cc1ccc(Cl)cc1)C(=O)O. The van der Waals surface area contributed by atoms with Crippen molar-refractivity contribution >= 4 is 23.5 Å². The van der Waals surface area contributed by atoms with E-state index >= 15 is 0 Å². The van der Waals surface area contributed by atoms with Crippen LogP contribution in [0, 0.1) is 0 Å². The van der Waals surface area contributed by atoms with Crippen molar-refractivity contribution in [2.45, 2.75) is 39.2 Å². The minimum Gasteiger partial charge on any atom is -0.479 e. The third-order valence-corrected chi connectivity index (χ3v) is 3.60. The van der Waals surface area contributed by atoms with E-state index in [1.165, 1.54) is 11.8 Å². The molecule has 0 aromatic heterocycles. The molecule has 1 aromatic rings. The number of carboxylic acids is 1. The van der Waals surface area contributed by atoms with E-state index in [-0.39, 0.29) is 12.3 Å². The Hall–Kier alpha value is -1.55. The normalized spacial score (nSPS) is 13.6. The van der Waals surface area contributed by atoms with Gasteiger partial charge in [-0.15, -0.1) is 0 Å². The van der Waals surface area contributed by atoms with Crippen molar-refractivity contribution in [3.05, 3.63) is 34.9 Å². The summed E-state index contributed by atoms with van der Waals surface area (Å²) >= 11 is 5.83. The molecule has 0 fully saturated rings. The Morgan fingerprint density at radius 3 is 2.25 bits per heavy atom. The van der Waals surface area contributed by atoms with Crippen LogP contribution in [-0.4, -0.2) is 34.0 Å². The second-order valence-electron chi connectivity index (χ2n) is 5.05. The third-order valence-electron chi connectivity index (χ3n) is 3.35. The van der Waals surface area contributed by atoms with E-state index < -0.39 is 11.5 Å². The fraction of sp³-hybridized carbons (Fsp3) is 0.467. The van der Waals surface area contributed by atoms with Crippen LogP contribution >= 0.6 is 11.6 Å². The molecule has 110 valence electrons. The number of hydrogen-bond acceptors (Lipinski definition) is 2. The van der Waals surface area contributed by atoms with E-state index in [4.69, 9.17) is 11.6 Å². The summed E-state index contributed by atoms with van der Waals surface area (Å²) in [6.45, 7) is 5.33. The predicted octanol–water partition coefficient (Wildman–Crippen LogP) is 2.98. The average Bonchev–Trinajstić information content (AvgIpc) is 2.38. The van der Waals surface area contributed by atoms with Gasteiger partial charge in [-0.2, -0.15) is 0 Å². The van der Waals surface area contributed by atoms with Crippen LogP contribution in [0.25, 0.3) is 0 Å². The lowest BCUT2D eigenvalue weighted by Gasteiger charge is -2.37. The molecule has 0 saturated heterocycles. The standard InChI is InChI=1S/C15H20ClNO3/c1-4-9-17(11(2)18)15(3,14(19)20)10-12-5-7-13(16)8-6-12/h5-8H,4,9-10H2,1-3H3,(H,19,20). The van der Waals surface area contributed by atoms with E-state index in [0.717, 1.165) is 5.56 Å². The summed E-state index contributed by atoms with van der Waals surface area (Å²) in [5.74, 6) is -1.23. The molecule has 1 aromatic carbocycles. The van der Waals surface area contributed by atoms with Gasteiger partial charge in [0.1, 0.15) is 5.54 Å². The first-order chi connectivity index (χ1) is 9.31. The summed E-state index contributed by atoms with van der Waals surface area (Å²) in [4.78, 5) is 24.9. The number of carboxylic acid groups (broad SMARTS) is 1. The highest BCUT2D eigenvalue weighted by molar-refractivity contribution is 6.30. The van der Waals surface area contributed by atoms with Gasteiger partial charge >= 0.3 is 5.97 Å². The number of aliphatic carboxylic acids is 1. The zero-order valence-electron chi connectivity index (χ0n) is 12.0. The third kappa shape index (κ3) is 3.73. The first-order valence-corrected chi connectivity index (χ1v) is 6.95. The van der Waals surface area contributed by atoms with Gasteiger partial charge in [-0.3, -0.25) is 4.79 Å². The fourth-order valence-corrected chi connectivity index (χ4v) is 2.39. The summed E-state index contributed by atoms with van der Waals surface area (Å²) in [5, 5.41) is 10.2. The van der Waals surface area contributed by atoms with Crippen molar-refractivity contribution in [1.82, 2.24) is 4.90 Å². The Bertz CT molecular complexity index is 486. The molecule has 1 unspecified atom stereocenters. The van der Waals surface area contributed by atoms with Crippen LogP contribution < -0.4 is 0 Å². The molecule has 1 rings (SSSR count). The van der Waals surface area contributed by atoms with E-state index in [1.807, 2.05) is 6.92 Å². The predicted molar refractivity (Wildman–Crippen MR) is 78.9 cm³/mol. The fourth-order valence-electron chi connectivity index (χ4n) is 2.26. The number of rotatable bonds is 6. The Morgan fingerprint density at radius 1 is 1.30 bits per heavy atom. The molecule has 0 bridgehead atoms. The molecular formula is C15H20ClNO3. The highest BCUT2D eigenvalue weighted by Gasteiger charge is 2.40. The van der Waals surface area contributed by atoms with Gasteiger partial charge in [0.05, 0.1) is 0 Å². The van der Waals surface area contributed by atoms with Crippen molar-refractivity contribution < 1.29 is 14.7 Å². The molecular weight excluding hydrogens is 278 g/mol. The molecule has 0 spiro atoms. The Morgan fingerprint density at radius 2 is 1.85 bits per heavy atom. The zero-order valence-corrected chi connectivity index (χ0v) is 12.8. The van der Waals surface area contributed by atoms with Gasteiger partial charge in [0.2, 0.25) is 5.91 Å². The topological polar surface area (TPSA) is 57.6 Å². The van der Waals surface area contributed by atoms with Crippen LogP contribution in [0.15, 0.2) is 24.3 Å². The Balaban J connectivity index is 3.10. The largest absolute Gasteiger partial charge is 0.479 e. The molecule has 1 amide bonds. The summed E-state index contributed by atoms with van der Waals surface area (Å²) in [6.07, 6.45) is 0.960. The molecule has 0 radical (unpaired) electrons. The van der Waals surface area contributed by atoms with Gasteiger partial charge in [-0.1, -0.05) is 30.7 Å². The van der Waals surface area contributed by atoms with Crippen LogP contribution in [-0.2, 0) is 16.0 Å². The average molecular weight is 298 g/mol. The lowest BCUT2D eigenvalue weighted by Crippen LogP contribution is -2.56. The summed E-state index contributed by atoms with van der Waals surface area (Å²) < 4.78 is 0. The monoisotopic (exact) mass is 297 g/mol. The van der Waals surface area contributed by atoms with Gasteiger partial charge in [0.15, 0.2) is 0 Å². The number of nitrogens with zero attached hydrogens (tertiary/aromatic N) is 1. The molecule has 5 heteroatoms. The summed E-state index contributed by atoms with van der Waals surface area (Å²) in [6, 6.07) is 7.01. The van der Waals surface area contributed by atoms with Gasteiger partial charge in [-0.25, -0.2) is 4.79 Å². The van der Waals surface area contributed by atoms with E-state index in [9.17, 15) is 14.7 Å².